The Labute approximate surface area is 75.6 Å². The fourth-order valence-corrected chi connectivity index (χ4v) is 0.697. The zero-order valence-electron chi connectivity index (χ0n) is 4.86. The first-order chi connectivity index (χ1) is 3.79. The molecule has 0 saturated heterocycles. The number of hydrogen-bond acceptors (Lipinski definition) is 1. The van der Waals surface area contributed by atoms with Gasteiger partial charge in [-0.25, -0.2) is 0 Å². The largest absolute Gasteiger partial charge is 1.00 e. The summed E-state index contributed by atoms with van der Waals surface area (Å²) in [6.07, 6.45) is 0. The van der Waals surface area contributed by atoms with Crippen LogP contribution in [0.2, 0.25) is 10.3 Å². The van der Waals surface area contributed by atoms with Crippen molar-refractivity contribution >= 4 is 23.2 Å². The van der Waals surface area contributed by atoms with Crippen LogP contribution in [-0.2, 0) is 0 Å². The van der Waals surface area contributed by atoms with Gasteiger partial charge in [0.2, 0.25) is 0 Å². The molecule has 0 unspecified atom stereocenters. The minimum Gasteiger partial charge on any atom is -0.353 e. The van der Waals surface area contributed by atoms with E-state index in [1.165, 1.54) is 0 Å². The molecule has 0 atom stereocenters. The van der Waals surface area contributed by atoms with E-state index in [4.69, 9.17) is 23.2 Å². The van der Waals surface area contributed by atoms with Crippen LogP contribution in [0.5, 0.6) is 0 Å². The summed E-state index contributed by atoms with van der Waals surface area (Å²) in [6.45, 7) is 0. The summed E-state index contributed by atoms with van der Waals surface area (Å²) in [5, 5.41) is 0.745. The van der Waals surface area contributed by atoms with Gasteiger partial charge in [-0.2, -0.15) is 6.07 Å². The third-order valence-corrected chi connectivity index (χ3v) is 1.01. The van der Waals surface area contributed by atoms with E-state index in [1.807, 2.05) is 0 Å². The standard InChI is InChI=1S/C5H2Cl2N.Li/c6-4-2-1-3-5(7)8-4;/h2-3H;/q-1;+1. The number of halogens is 2. The molecule has 9 heavy (non-hydrogen) atoms. The monoisotopic (exact) mass is 153 g/mol. The smallest absolute Gasteiger partial charge is 0.353 e. The Balaban J connectivity index is 0.000000640. The van der Waals surface area contributed by atoms with Crippen molar-refractivity contribution in [2.75, 3.05) is 0 Å². The third-order valence-electron chi connectivity index (χ3n) is 0.618. The fraction of sp³-hybridized carbons (Fsp3) is 0. The Morgan fingerprint density at radius 1 is 1.22 bits per heavy atom. The number of rotatable bonds is 0. The van der Waals surface area contributed by atoms with Crippen LogP contribution in [0.3, 0.4) is 0 Å². The van der Waals surface area contributed by atoms with Crippen LogP contribution >= 0.6 is 23.2 Å². The van der Waals surface area contributed by atoms with Gasteiger partial charge in [0.05, 0.1) is 0 Å². The first kappa shape index (κ1) is 9.33. The first-order valence-corrected chi connectivity index (χ1v) is 2.74. The summed E-state index contributed by atoms with van der Waals surface area (Å²) in [7, 11) is 0. The van der Waals surface area contributed by atoms with E-state index in [1.54, 1.807) is 12.1 Å². The van der Waals surface area contributed by atoms with Crippen molar-refractivity contribution in [1.82, 2.24) is 4.98 Å². The molecule has 0 amide bonds. The molecule has 0 spiro atoms. The van der Waals surface area contributed by atoms with Crippen molar-refractivity contribution < 1.29 is 18.9 Å². The van der Waals surface area contributed by atoms with Crippen molar-refractivity contribution in [3.8, 4) is 0 Å². The van der Waals surface area contributed by atoms with Crippen LogP contribution in [0.15, 0.2) is 12.1 Å². The van der Waals surface area contributed by atoms with Gasteiger partial charge in [0.15, 0.2) is 0 Å². The van der Waals surface area contributed by atoms with E-state index >= 15 is 0 Å². The maximum Gasteiger partial charge on any atom is 1.00 e. The van der Waals surface area contributed by atoms with Gasteiger partial charge >= 0.3 is 18.9 Å². The van der Waals surface area contributed by atoms with Crippen LogP contribution < -0.4 is 18.9 Å². The summed E-state index contributed by atoms with van der Waals surface area (Å²) < 4.78 is 0. The molecule has 42 valence electrons. The van der Waals surface area contributed by atoms with Gasteiger partial charge in [-0.1, -0.05) is 0 Å². The van der Waals surface area contributed by atoms with Gasteiger partial charge in [-0.15, -0.1) is 35.3 Å². The van der Waals surface area contributed by atoms with Gasteiger partial charge < -0.3 is 4.98 Å². The first-order valence-electron chi connectivity index (χ1n) is 1.98. The Kier molecular flexibility index (Phi) is 4.34. The molecular formula is C5H2Cl2LiN. The van der Waals surface area contributed by atoms with Crippen LogP contribution in [-0.4, -0.2) is 4.98 Å². The zero-order chi connectivity index (χ0) is 5.98. The normalized spacial score (nSPS) is 8.22. The van der Waals surface area contributed by atoms with Gasteiger partial charge in [-0.05, 0) is 0 Å². The number of nitrogens with zero attached hydrogens (tertiary/aromatic N) is 1. The molecule has 0 saturated carbocycles. The Morgan fingerprint density at radius 2 is 1.67 bits per heavy atom. The molecule has 0 fully saturated rings. The molecule has 1 aromatic heterocycles. The minimum atomic E-state index is 0. The topological polar surface area (TPSA) is 12.9 Å². The average Bonchev–Trinajstić information content (AvgIpc) is 1.64. The summed E-state index contributed by atoms with van der Waals surface area (Å²) in [5.41, 5.74) is 0. The van der Waals surface area contributed by atoms with E-state index in [0.717, 1.165) is 0 Å². The minimum absolute atomic E-state index is 0. The molecule has 0 aliphatic rings. The van der Waals surface area contributed by atoms with E-state index in [9.17, 15) is 0 Å². The molecule has 1 rings (SSSR count). The number of hydrogen-bond donors (Lipinski definition) is 0. The molecule has 1 nitrogen and oxygen atoms in total. The number of pyridine rings is 1. The Hall–Kier alpha value is 0.327. The molecule has 0 N–H and O–H groups in total. The van der Waals surface area contributed by atoms with E-state index < -0.39 is 0 Å². The zero-order valence-corrected chi connectivity index (χ0v) is 6.37. The fourth-order valence-electron chi connectivity index (χ4n) is 0.346. The summed E-state index contributed by atoms with van der Waals surface area (Å²) in [4.78, 5) is 3.67. The molecule has 1 aromatic rings. The second-order valence-corrected chi connectivity index (χ2v) is 1.99. The molecule has 0 aromatic carbocycles. The summed E-state index contributed by atoms with van der Waals surface area (Å²) in [5.74, 6) is 0. The molecular weight excluding hydrogens is 152 g/mol. The number of aromatic nitrogens is 1. The van der Waals surface area contributed by atoms with Gasteiger partial charge in [0.1, 0.15) is 0 Å². The molecule has 4 heteroatoms. The van der Waals surface area contributed by atoms with E-state index in [0.29, 0.717) is 10.3 Å². The quantitative estimate of drug-likeness (QED) is 0.270. The van der Waals surface area contributed by atoms with Crippen molar-refractivity contribution in [2.45, 2.75) is 0 Å². The van der Waals surface area contributed by atoms with Crippen molar-refractivity contribution in [1.29, 1.82) is 0 Å². The van der Waals surface area contributed by atoms with Crippen molar-refractivity contribution in [3.05, 3.63) is 28.5 Å². The summed E-state index contributed by atoms with van der Waals surface area (Å²) >= 11 is 10.8. The molecule has 1 heterocycles. The molecule has 0 aliphatic heterocycles. The SMILES string of the molecule is Clc1c[c-]cc(Cl)n1.[Li+]. The maximum atomic E-state index is 5.42. The molecule has 0 radical (unpaired) electrons. The average molecular weight is 154 g/mol. The second-order valence-electron chi connectivity index (χ2n) is 1.21. The third kappa shape index (κ3) is 3.13. The Morgan fingerprint density at radius 3 is 1.89 bits per heavy atom. The van der Waals surface area contributed by atoms with Gasteiger partial charge in [0.25, 0.3) is 0 Å². The van der Waals surface area contributed by atoms with Crippen LogP contribution in [0, 0.1) is 6.07 Å². The predicted molar refractivity (Wildman–Crippen MR) is 33.1 cm³/mol. The summed E-state index contributed by atoms with van der Waals surface area (Å²) in [6, 6.07) is 5.80. The predicted octanol–water partition coefficient (Wildman–Crippen LogP) is -0.807. The van der Waals surface area contributed by atoms with Gasteiger partial charge in [0, 0.05) is 10.3 Å². The van der Waals surface area contributed by atoms with Crippen LogP contribution in [0.4, 0.5) is 0 Å². The van der Waals surface area contributed by atoms with E-state index in [2.05, 4.69) is 11.1 Å². The second kappa shape index (κ2) is 4.19. The van der Waals surface area contributed by atoms with E-state index in [-0.39, 0.29) is 18.9 Å². The van der Waals surface area contributed by atoms with Crippen molar-refractivity contribution in [3.63, 3.8) is 0 Å². The molecule has 0 bridgehead atoms. The van der Waals surface area contributed by atoms with Crippen molar-refractivity contribution in [2.24, 2.45) is 0 Å². The van der Waals surface area contributed by atoms with Gasteiger partial charge in [-0.3, -0.25) is 0 Å². The van der Waals surface area contributed by atoms with Crippen LogP contribution in [0.25, 0.3) is 0 Å². The maximum absolute atomic E-state index is 5.42. The molecule has 0 aliphatic carbocycles. The Bertz CT molecular complexity index is 175. The van der Waals surface area contributed by atoms with Crippen LogP contribution in [0.1, 0.15) is 0 Å².